The van der Waals surface area contributed by atoms with Crippen LogP contribution in [0.1, 0.15) is 6.92 Å². The van der Waals surface area contributed by atoms with E-state index in [2.05, 4.69) is 27.2 Å². The second-order valence-corrected chi connectivity index (χ2v) is 7.85. The average molecular weight is 443 g/mol. The third kappa shape index (κ3) is 4.84. The summed E-state index contributed by atoms with van der Waals surface area (Å²) in [6.45, 7) is 5.16. The Morgan fingerprint density at radius 1 is 1.00 bits per heavy atom. The third-order valence-electron chi connectivity index (χ3n) is 4.95. The van der Waals surface area contributed by atoms with E-state index in [-0.39, 0.29) is 11.9 Å². The number of hydrogen-bond acceptors (Lipinski definition) is 4. The number of carbonyl (C=O) groups excluding carboxylic acids is 1. The van der Waals surface area contributed by atoms with E-state index in [1.807, 2.05) is 19.1 Å². The maximum atomic E-state index is 12.7. The molecule has 0 bridgehead atoms. The van der Waals surface area contributed by atoms with Crippen molar-refractivity contribution < 1.29 is 9.53 Å². The number of benzene rings is 2. The van der Waals surface area contributed by atoms with Crippen LogP contribution in [0, 0.1) is 0 Å². The summed E-state index contributed by atoms with van der Waals surface area (Å²) in [5.74, 6) is 0.715. The molecule has 8 heteroatoms. The molecule has 150 valence electrons. The number of piperazine rings is 1. The molecule has 5 nitrogen and oxygen atoms in total. The molecule has 1 heterocycles. The van der Waals surface area contributed by atoms with Crippen LogP contribution in [0.2, 0.25) is 15.1 Å². The molecule has 1 N–H and O–H groups in total. The molecule has 28 heavy (non-hydrogen) atoms. The summed E-state index contributed by atoms with van der Waals surface area (Å²) in [6.07, 6.45) is 0. The SMILES string of the molecule is COc1ccc(N2CCN(C(C)C(=O)Nc3cc(Cl)c(Cl)cc3Cl)CC2)cc1. The van der Waals surface area contributed by atoms with Gasteiger partial charge in [0.2, 0.25) is 5.91 Å². The zero-order valence-electron chi connectivity index (χ0n) is 15.7. The summed E-state index contributed by atoms with van der Waals surface area (Å²) < 4.78 is 5.21. The Morgan fingerprint density at radius 2 is 1.61 bits per heavy atom. The summed E-state index contributed by atoms with van der Waals surface area (Å²) in [4.78, 5) is 17.1. The van der Waals surface area contributed by atoms with E-state index in [0.717, 1.165) is 37.6 Å². The number of rotatable bonds is 5. The highest BCUT2D eigenvalue weighted by molar-refractivity contribution is 6.44. The number of nitrogens with zero attached hydrogens (tertiary/aromatic N) is 2. The van der Waals surface area contributed by atoms with Crippen molar-refractivity contribution >= 4 is 52.1 Å². The largest absolute Gasteiger partial charge is 0.497 e. The zero-order valence-corrected chi connectivity index (χ0v) is 18.0. The number of nitrogens with one attached hydrogen (secondary N) is 1. The van der Waals surface area contributed by atoms with Gasteiger partial charge < -0.3 is 15.0 Å². The number of halogens is 3. The second-order valence-electron chi connectivity index (χ2n) is 6.63. The van der Waals surface area contributed by atoms with Crippen molar-refractivity contribution in [2.45, 2.75) is 13.0 Å². The number of hydrogen-bond donors (Lipinski definition) is 1. The van der Waals surface area contributed by atoms with Crippen molar-refractivity contribution in [1.82, 2.24) is 4.90 Å². The highest BCUT2D eigenvalue weighted by Gasteiger charge is 2.26. The molecule has 0 aromatic heterocycles. The van der Waals surface area contributed by atoms with Gasteiger partial charge in [0, 0.05) is 31.9 Å². The van der Waals surface area contributed by atoms with Crippen LogP contribution in [0.4, 0.5) is 11.4 Å². The molecule has 3 rings (SSSR count). The van der Waals surface area contributed by atoms with Gasteiger partial charge in [-0.05, 0) is 43.3 Å². The Balaban J connectivity index is 1.57. The van der Waals surface area contributed by atoms with Gasteiger partial charge in [-0.1, -0.05) is 34.8 Å². The van der Waals surface area contributed by atoms with Gasteiger partial charge >= 0.3 is 0 Å². The van der Waals surface area contributed by atoms with E-state index in [1.54, 1.807) is 13.2 Å². The predicted octanol–water partition coefficient (Wildman–Crippen LogP) is 4.80. The van der Waals surface area contributed by atoms with Gasteiger partial charge in [0.25, 0.3) is 0 Å². The second kappa shape index (κ2) is 9.23. The molecule has 2 aromatic rings. The van der Waals surface area contributed by atoms with E-state index in [4.69, 9.17) is 39.5 Å². The number of ether oxygens (including phenoxy) is 1. The molecule has 1 fully saturated rings. The number of anilines is 2. The first-order valence-corrected chi connectivity index (χ1v) is 10.1. The maximum Gasteiger partial charge on any atom is 0.241 e. The molecule has 0 radical (unpaired) electrons. The maximum absolute atomic E-state index is 12.7. The molecule has 1 aliphatic heterocycles. The summed E-state index contributed by atoms with van der Waals surface area (Å²) in [5.41, 5.74) is 1.62. The molecule has 0 saturated carbocycles. The van der Waals surface area contributed by atoms with E-state index in [0.29, 0.717) is 20.8 Å². The van der Waals surface area contributed by atoms with Crippen molar-refractivity contribution in [1.29, 1.82) is 0 Å². The molecule has 2 aromatic carbocycles. The molecule has 0 aliphatic carbocycles. The summed E-state index contributed by atoms with van der Waals surface area (Å²) in [5, 5.41) is 3.91. The zero-order chi connectivity index (χ0) is 20.3. The van der Waals surface area contributed by atoms with Crippen LogP contribution < -0.4 is 15.0 Å². The quantitative estimate of drug-likeness (QED) is 0.675. The van der Waals surface area contributed by atoms with E-state index in [9.17, 15) is 4.79 Å². The van der Waals surface area contributed by atoms with E-state index in [1.165, 1.54) is 6.07 Å². The lowest BCUT2D eigenvalue weighted by Crippen LogP contribution is -2.52. The van der Waals surface area contributed by atoms with E-state index < -0.39 is 0 Å². The Hall–Kier alpha value is -1.66. The lowest BCUT2D eigenvalue weighted by atomic mass is 10.2. The fraction of sp³-hybridized carbons (Fsp3) is 0.350. The first-order valence-electron chi connectivity index (χ1n) is 8.97. The van der Waals surface area contributed by atoms with E-state index >= 15 is 0 Å². The molecule has 1 unspecified atom stereocenters. The molecule has 1 amide bonds. The van der Waals surface area contributed by atoms with Gasteiger partial charge in [-0.25, -0.2) is 0 Å². The Labute approximate surface area is 180 Å². The minimum Gasteiger partial charge on any atom is -0.497 e. The first-order chi connectivity index (χ1) is 13.4. The predicted molar refractivity (Wildman–Crippen MR) is 116 cm³/mol. The monoisotopic (exact) mass is 441 g/mol. The van der Waals surface area contributed by atoms with Crippen LogP contribution in [0.3, 0.4) is 0 Å². The van der Waals surface area contributed by atoms with Crippen molar-refractivity contribution in [3.8, 4) is 5.75 Å². The molecule has 1 atom stereocenters. The van der Waals surface area contributed by atoms with Crippen LogP contribution in [0.15, 0.2) is 36.4 Å². The first kappa shape index (κ1) is 21.1. The molecule has 0 spiro atoms. The molecule has 1 saturated heterocycles. The van der Waals surface area contributed by atoms with Crippen LogP contribution in [0.5, 0.6) is 5.75 Å². The normalized spacial score (nSPS) is 16.0. The van der Waals surface area contributed by atoms with Crippen molar-refractivity contribution in [3.63, 3.8) is 0 Å². The highest BCUT2D eigenvalue weighted by atomic mass is 35.5. The topological polar surface area (TPSA) is 44.8 Å². The summed E-state index contributed by atoms with van der Waals surface area (Å²) in [6, 6.07) is 10.8. The van der Waals surface area contributed by atoms with Crippen molar-refractivity contribution in [2.75, 3.05) is 43.5 Å². The number of methoxy groups -OCH3 is 1. The third-order valence-corrected chi connectivity index (χ3v) is 5.98. The lowest BCUT2D eigenvalue weighted by Gasteiger charge is -2.38. The van der Waals surface area contributed by atoms with Gasteiger partial charge in [-0.15, -0.1) is 0 Å². The Morgan fingerprint density at radius 3 is 2.21 bits per heavy atom. The standard InChI is InChI=1S/C20H22Cl3N3O2/c1-13(20(27)24-19-12-17(22)16(21)11-18(19)23)25-7-9-26(10-8-25)14-3-5-15(28-2)6-4-14/h3-6,11-13H,7-10H2,1-2H3,(H,24,27). The Kier molecular flexibility index (Phi) is 6.94. The van der Waals surface area contributed by atoms with Gasteiger partial charge in [0.15, 0.2) is 0 Å². The van der Waals surface area contributed by atoms with Crippen LogP contribution >= 0.6 is 34.8 Å². The van der Waals surface area contributed by atoms with Crippen LogP contribution in [-0.4, -0.2) is 50.1 Å². The van der Waals surface area contributed by atoms with Gasteiger partial charge in [0.05, 0.1) is 33.9 Å². The lowest BCUT2D eigenvalue weighted by molar-refractivity contribution is -0.120. The minimum atomic E-state index is -0.288. The molecule has 1 aliphatic rings. The molecular formula is C20H22Cl3N3O2. The van der Waals surface area contributed by atoms with Crippen LogP contribution in [0.25, 0.3) is 0 Å². The summed E-state index contributed by atoms with van der Waals surface area (Å²) in [7, 11) is 1.66. The highest BCUT2D eigenvalue weighted by Crippen LogP contribution is 2.32. The van der Waals surface area contributed by atoms with Gasteiger partial charge in [-0.3, -0.25) is 9.69 Å². The summed E-state index contributed by atoms with van der Waals surface area (Å²) >= 11 is 18.1. The van der Waals surface area contributed by atoms with Gasteiger partial charge in [0.1, 0.15) is 5.75 Å². The number of carbonyl (C=O) groups is 1. The Bertz CT molecular complexity index is 837. The molecular weight excluding hydrogens is 421 g/mol. The minimum absolute atomic E-state index is 0.127. The number of amides is 1. The van der Waals surface area contributed by atoms with Gasteiger partial charge in [-0.2, -0.15) is 0 Å². The fourth-order valence-corrected chi connectivity index (χ4v) is 3.78. The van der Waals surface area contributed by atoms with Crippen LogP contribution in [-0.2, 0) is 4.79 Å². The van der Waals surface area contributed by atoms with Crippen molar-refractivity contribution in [2.24, 2.45) is 0 Å². The average Bonchev–Trinajstić information content (AvgIpc) is 2.71. The van der Waals surface area contributed by atoms with Crippen molar-refractivity contribution in [3.05, 3.63) is 51.5 Å². The smallest absolute Gasteiger partial charge is 0.241 e. The fourth-order valence-electron chi connectivity index (χ4n) is 3.18.